The number of allylic oxidation sites excluding steroid dienone is 2. The SMILES string of the molecule is CC(=O)/C=C\C(=NCCc1cccc(C)c1)c1cccc(C(C)=O)c1. The minimum Gasteiger partial charge on any atom is -0.295 e. The molecule has 0 heterocycles. The van der Waals surface area contributed by atoms with E-state index in [0.717, 1.165) is 12.0 Å². The van der Waals surface area contributed by atoms with Gasteiger partial charge in [0.2, 0.25) is 0 Å². The van der Waals surface area contributed by atoms with E-state index in [2.05, 4.69) is 30.1 Å². The van der Waals surface area contributed by atoms with Crippen molar-refractivity contribution in [1.82, 2.24) is 0 Å². The molecule has 0 aliphatic rings. The molecule has 0 radical (unpaired) electrons. The molecule has 2 rings (SSSR count). The van der Waals surface area contributed by atoms with Gasteiger partial charge in [0, 0.05) is 17.7 Å². The smallest absolute Gasteiger partial charge is 0.159 e. The zero-order valence-corrected chi connectivity index (χ0v) is 15.0. The zero-order chi connectivity index (χ0) is 18.2. The van der Waals surface area contributed by atoms with Crippen LogP contribution in [0.5, 0.6) is 0 Å². The van der Waals surface area contributed by atoms with Crippen LogP contribution in [0.4, 0.5) is 0 Å². The Morgan fingerprint density at radius 1 is 0.960 bits per heavy atom. The van der Waals surface area contributed by atoms with Gasteiger partial charge in [0.15, 0.2) is 11.6 Å². The van der Waals surface area contributed by atoms with Crippen molar-refractivity contribution in [3.8, 4) is 0 Å². The summed E-state index contributed by atoms with van der Waals surface area (Å²) in [5, 5.41) is 0. The van der Waals surface area contributed by atoms with Crippen molar-refractivity contribution < 1.29 is 9.59 Å². The maximum atomic E-state index is 11.6. The van der Waals surface area contributed by atoms with Crippen LogP contribution < -0.4 is 0 Å². The van der Waals surface area contributed by atoms with Gasteiger partial charge in [-0.1, -0.05) is 48.0 Å². The predicted molar refractivity (Wildman–Crippen MR) is 103 cm³/mol. The Labute approximate surface area is 149 Å². The molecule has 2 aromatic rings. The molecule has 0 atom stereocenters. The second kappa shape index (κ2) is 8.88. The highest BCUT2D eigenvalue weighted by Gasteiger charge is 2.05. The van der Waals surface area contributed by atoms with E-state index < -0.39 is 0 Å². The molecule has 0 saturated heterocycles. The van der Waals surface area contributed by atoms with E-state index >= 15 is 0 Å². The van der Waals surface area contributed by atoms with Gasteiger partial charge in [-0.05, 0) is 51.0 Å². The molecular weight excluding hydrogens is 310 g/mol. The summed E-state index contributed by atoms with van der Waals surface area (Å²) in [7, 11) is 0. The van der Waals surface area contributed by atoms with Gasteiger partial charge in [-0.15, -0.1) is 0 Å². The quantitative estimate of drug-likeness (QED) is 0.429. The average molecular weight is 333 g/mol. The third kappa shape index (κ3) is 5.96. The number of hydrogen-bond donors (Lipinski definition) is 0. The molecule has 0 bridgehead atoms. The fraction of sp³-hybridized carbons (Fsp3) is 0.227. The Bertz CT molecular complexity index is 831. The van der Waals surface area contributed by atoms with Crippen molar-refractivity contribution in [2.75, 3.05) is 6.54 Å². The van der Waals surface area contributed by atoms with Crippen LogP contribution in [0.15, 0.2) is 65.7 Å². The molecule has 2 aromatic carbocycles. The van der Waals surface area contributed by atoms with E-state index in [1.807, 2.05) is 24.3 Å². The Kier molecular flexibility index (Phi) is 6.58. The summed E-state index contributed by atoms with van der Waals surface area (Å²) in [5.74, 6) is -0.0226. The van der Waals surface area contributed by atoms with E-state index in [0.29, 0.717) is 17.8 Å². The molecule has 0 spiro atoms. The topological polar surface area (TPSA) is 46.5 Å². The Balaban J connectivity index is 2.24. The summed E-state index contributed by atoms with van der Waals surface area (Å²) in [6.07, 6.45) is 4.05. The Morgan fingerprint density at radius 2 is 1.68 bits per heavy atom. The first-order valence-electron chi connectivity index (χ1n) is 8.36. The minimum absolute atomic E-state index is 0.0107. The second-order valence-electron chi connectivity index (χ2n) is 6.09. The third-order valence-corrected chi connectivity index (χ3v) is 3.81. The number of aryl methyl sites for hydroxylation is 1. The third-order valence-electron chi connectivity index (χ3n) is 3.81. The molecule has 0 saturated carbocycles. The standard InChI is InChI=1S/C22H23NO2/c1-16-6-4-7-19(14-16)12-13-23-22(11-10-17(2)24)21-9-5-8-20(15-21)18(3)25/h4-11,14-15H,12-13H2,1-3H3/b11-10-,23-22?. The van der Waals surface area contributed by atoms with Gasteiger partial charge in [-0.25, -0.2) is 0 Å². The Morgan fingerprint density at radius 3 is 2.36 bits per heavy atom. The van der Waals surface area contributed by atoms with Crippen LogP contribution in [0.3, 0.4) is 0 Å². The minimum atomic E-state index is -0.0332. The van der Waals surface area contributed by atoms with Crippen molar-refractivity contribution in [2.45, 2.75) is 27.2 Å². The number of nitrogens with zero attached hydrogens (tertiary/aromatic N) is 1. The fourth-order valence-electron chi connectivity index (χ4n) is 2.51. The number of benzene rings is 2. The van der Waals surface area contributed by atoms with Crippen molar-refractivity contribution in [3.63, 3.8) is 0 Å². The lowest BCUT2D eigenvalue weighted by atomic mass is 10.0. The van der Waals surface area contributed by atoms with Crippen molar-refractivity contribution in [2.24, 2.45) is 4.99 Å². The average Bonchev–Trinajstić information content (AvgIpc) is 2.58. The van der Waals surface area contributed by atoms with Crippen LogP contribution in [0, 0.1) is 6.92 Å². The highest BCUT2D eigenvalue weighted by molar-refractivity contribution is 6.12. The zero-order valence-electron chi connectivity index (χ0n) is 15.0. The van der Waals surface area contributed by atoms with Gasteiger partial charge in [-0.2, -0.15) is 0 Å². The van der Waals surface area contributed by atoms with Gasteiger partial charge in [0.05, 0.1) is 5.71 Å². The molecule has 0 aliphatic heterocycles. The summed E-state index contributed by atoms with van der Waals surface area (Å²) >= 11 is 0. The van der Waals surface area contributed by atoms with Crippen LogP contribution in [0.25, 0.3) is 0 Å². The first-order chi connectivity index (χ1) is 12.0. The molecule has 0 fully saturated rings. The van der Waals surface area contributed by atoms with Crippen molar-refractivity contribution in [1.29, 1.82) is 0 Å². The lowest BCUT2D eigenvalue weighted by molar-refractivity contribution is -0.112. The monoisotopic (exact) mass is 333 g/mol. The molecule has 25 heavy (non-hydrogen) atoms. The highest BCUT2D eigenvalue weighted by Crippen LogP contribution is 2.10. The normalized spacial score (nSPS) is 11.7. The highest BCUT2D eigenvalue weighted by atomic mass is 16.1. The van der Waals surface area contributed by atoms with Gasteiger partial charge in [-0.3, -0.25) is 14.6 Å². The van der Waals surface area contributed by atoms with Crippen LogP contribution in [-0.2, 0) is 11.2 Å². The molecule has 0 amide bonds. The molecule has 3 heteroatoms. The number of rotatable bonds is 7. The molecule has 0 unspecified atom stereocenters. The summed E-state index contributed by atoms with van der Waals surface area (Å²) < 4.78 is 0. The van der Waals surface area contributed by atoms with Crippen LogP contribution in [0.1, 0.15) is 40.9 Å². The summed E-state index contributed by atoms with van der Waals surface area (Å²) in [4.78, 5) is 27.6. The molecule has 0 aromatic heterocycles. The number of hydrogen-bond acceptors (Lipinski definition) is 3. The fourth-order valence-corrected chi connectivity index (χ4v) is 2.51. The molecular formula is C22H23NO2. The van der Waals surface area contributed by atoms with Gasteiger partial charge < -0.3 is 0 Å². The molecule has 0 aliphatic carbocycles. The summed E-state index contributed by atoms with van der Waals surface area (Å²) in [6.45, 7) is 5.73. The maximum Gasteiger partial charge on any atom is 0.159 e. The largest absolute Gasteiger partial charge is 0.295 e. The number of Topliss-reactive ketones (excluding diaryl/α,β-unsaturated/α-hetero) is 1. The van der Waals surface area contributed by atoms with Crippen LogP contribution in [-0.4, -0.2) is 23.8 Å². The second-order valence-corrected chi connectivity index (χ2v) is 6.09. The van der Waals surface area contributed by atoms with E-state index in [1.54, 1.807) is 19.1 Å². The van der Waals surface area contributed by atoms with E-state index in [9.17, 15) is 9.59 Å². The van der Waals surface area contributed by atoms with Crippen LogP contribution >= 0.6 is 0 Å². The van der Waals surface area contributed by atoms with Gasteiger partial charge in [0.1, 0.15) is 0 Å². The van der Waals surface area contributed by atoms with E-state index in [1.165, 1.54) is 24.1 Å². The lowest BCUT2D eigenvalue weighted by Crippen LogP contribution is -2.03. The Hall–Kier alpha value is -2.81. The summed E-state index contributed by atoms with van der Waals surface area (Å²) in [6, 6.07) is 15.7. The molecule has 3 nitrogen and oxygen atoms in total. The van der Waals surface area contributed by atoms with Crippen LogP contribution in [0.2, 0.25) is 0 Å². The van der Waals surface area contributed by atoms with E-state index in [-0.39, 0.29) is 11.6 Å². The molecule has 128 valence electrons. The van der Waals surface area contributed by atoms with Crippen molar-refractivity contribution >= 4 is 17.3 Å². The maximum absolute atomic E-state index is 11.6. The van der Waals surface area contributed by atoms with Gasteiger partial charge >= 0.3 is 0 Å². The number of ketones is 2. The van der Waals surface area contributed by atoms with Crippen molar-refractivity contribution in [3.05, 3.63) is 82.9 Å². The summed E-state index contributed by atoms with van der Waals surface area (Å²) in [5.41, 5.74) is 4.66. The van der Waals surface area contributed by atoms with E-state index in [4.69, 9.17) is 0 Å². The first-order valence-corrected chi connectivity index (χ1v) is 8.36. The van der Waals surface area contributed by atoms with Gasteiger partial charge in [0.25, 0.3) is 0 Å². The first kappa shape index (κ1) is 18.5. The molecule has 0 N–H and O–H groups in total. The lowest BCUT2D eigenvalue weighted by Gasteiger charge is -2.05. The predicted octanol–water partition coefficient (Wildman–Crippen LogP) is 4.37. The number of carbonyl (C=O) groups excluding carboxylic acids is 2. The number of aliphatic imine (C=N–C) groups is 1. The number of carbonyl (C=O) groups is 2.